The number of nitrogens with one attached hydrogen (secondary N) is 2. The van der Waals surface area contributed by atoms with Crippen LogP contribution in [-0.4, -0.2) is 49.6 Å². The first kappa shape index (κ1) is 23.8. The summed E-state index contributed by atoms with van der Waals surface area (Å²) < 4.78 is 4.55. The Bertz CT molecular complexity index is 1050. The summed E-state index contributed by atoms with van der Waals surface area (Å²) in [6, 6.07) is 14.6. The van der Waals surface area contributed by atoms with Crippen LogP contribution >= 0.6 is 0 Å². The lowest BCUT2D eigenvalue weighted by molar-refractivity contribution is -0.140. The molecule has 0 saturated carbocycles. The molecule has 1 saturated heterocycles. The van der Waals surface area contributed by atoms with Gasteiger partial charge in [0.2, 0.25) is 0 Å². The Balaban J connectivity index is 1.57. The lowest BCUT2D eigenvalue weighted by atomic mass is 9.89. The molecule has 8 nitrogen and oxygen atoms in total. The zero-order valence-corrected chi connectivity index (χ0v) is 18.9. The Morgan fingerprint density at radius 2 is 1.82 bits per heavy atom. The smallest absolute Gasteiger partial charge is 0.319 e. The summed E-state index contributed by atoms with van der Waals surface area (Å²) in [6.07, 6.45) is 1.80. The summed E-state index contributed by atoms with van der Waals surface area (Å²) in [5.74, 6) is -0.102. The minimum atomic E-state index is -0.449. The topological polar surface area (TPSA) is 112 Å². The number of nitrogens with zero attached hydrogens (tertiary/aromatic N) is 2. The van der Waals surface area contributed by atoms with E-state index in [2.05, 4.69) is 21.4 Å². The van der Waals surface area contributed by atoms with Crippen LogP contribution in [0.1, 0.15) is 52.2 Å². The number of piperidine rings is 1. The predicted octanol–water partition coefficient (Wildman–Crippen LogP) is 3.57. The number of benzene rings is 2. The Hall–Kier alpha value is -3.86. The fourth-order valence-electron chi connectivity index (χ4n) is 3.86. The number of rotatable bonds is 6. The SMILES string of the molecule is COC(=O)CCNC(=O)Nc1cc(C(=O)N2CCC(c3ccc(C#N)cc3)CC2)ccc1C. The molecule has 1 fully saturated rings. The number of amides is 3. The highest BCUT2D eigenvalue weighted by atomic mass is 16.5. The summed E-state index contributed by atoms with van der Waals surface area (Å²) in [5, 5.41) is 14.3. The molecule has 2 N–H and O–H groups in total. The fraction of sp³-hybridized carbons (Fsp3) is 0.360. The van der Waals surface area contributed by atoms with Crippen LogP contribution in [0.25, 0.3) is 0 Å². The zero-order chi connectivity index (χ0) is 23.8. The van der Waals surface area contributed by atoms with Crippen molar-refractivity contribution < 1.29 is 19.1 Å². The van der Waals surface area contributed by atoms with Crippen molar-refractivity contribution in [1.82, 2.24) is 10.2 Å². The van der Waals surface area contributed by atoms with E-state index < -0.39 is 12.0 Å². The second-order valence-corrected chi connectivity index (χ2v) is 8.04. The molecule has 0 atom stereocenters. The van der Waals surface area contributed by atoms with Crippen LogP contribution in [0.4, 0.5) is 10.5 Å². The third kappa shape index (κ3) is 6.32. The third-order valence-corrected chi connectivity index (χ3v) is 5.87. The highest BCUT2D eigenvalue weighted by molar-refractivity contribution is 5.97. The number of anilines is 1. The summed E-state index contributed by atoms with van der Waals surface area (Å²) in [6.45, 7) is 3.30. The van der Waals surface area contributed by atoms with Gasteiger partial charge in [-0.25, -0.2) is 4.79 Å². The number of esters is 1. The van der Waals surface area contributed by atoms with Crippen molar-refractivity contribution in [1.29, 1.82) is 5.26 Å². The molecule has 1 aliphatic rings. The average Bonchev–Trinajstić information content (AvgIpc) is 2.85. The molecule has 0 bridgehead atoms. The van der Waals surface area contributed by atoms with Gasteiger partial charge >= 0.3 is 12.0 Å². The van der Waals surface area contributed by atoms with E-state index in [1.807, 2.05) is 36.1 Å². The van der Waals surface area contributed by atoms with Gasteiger partial charge in [0.15, 0.2) is 0 Å². The van der Waals surface area contributed by atoms with E-state index in [9.17, 15) is 14.4 Å². The minimum absolute atomic E-state index is 0.0672. The van der Waals surface area contributed by atoms with Gasteiger partial charge in [-0.2, -0.15) is 5.26 Å². The molecule has 1 heterocycles. The number of nitriles is 1. The monoisotopic (exact) mass is 448 g/mol. The minimum Gasteiger partial charge on any atom is -0.469 e. The van der Waals surface area contributed by atoms with Crippen LogP contribution in [0.3, 0.4) is 0 Å². The maximum absolute atomic E-state index is 13.1. The standard InChI is InChI=1S/C25H28N4O4/c1-17-3-6-21(15-22(17)28-25(32)27-12-9-23(30)33-2)24(31)29-13-10-20(11-14-29)19-7-4-18(16-26)5-8-19/h3-8,15,20H,9-14H2,1-2H3,(H2,27,28,32). The number of hydrogen-bond acceptors (Lipinski definition) is 5. The first-order valence-corrected chi connectivity index (χ1v) is 10.9. The fourth-order valence-corrected chi connectivity index (χ4v) is 3.86. The van der Waals surface area contributed by atoms with E-state index in [1.165, 1.54) is 12.7 Å². The lowest BCUT2D eigenvalue weighted by Gasteiger charge is -2.32. The molecule has 0 aromatic heterocycles. The Labute approximate surface area is 193 Å². The molecular weight excluding hydrogens is 420 g/mol. The molecule has 0 aliphatic carbocycles. The van der Waals surface area contributed by atoms with Gasteiger partial charge in [-0.05, 0) is 61.1 Å². The number of methoxy groups -OCH3 is 1. The van der Waals surface area contributed by atoms with E-state index in [-0.39, 0.29) is 18.9 Å². The van der Waals surface area contributed by atoms with Crippen molar-refractivity contribution in [3.05, 3.63) is 64.7 Å². The normalized spacial score (nSPS) is 13.7. The van der Waals surface area contributed by atoms with Crippen molar-refractivity contribution in [2.24, 2.45) is 0 Å². The molecule has 1 aliphatic heterocycles. The molecule has 0 radical (unpaired) electrons. The zero-order valence-electron chi connectivity index (χ0n) is 18.9. The first-order valence-electron chi connectivity index (χ1n) is 10.9. The summed E-state index contributed by atoms with van der Waals surface area (Å²) >= 11 is 0. The maximum atomic E-state index is 13.1. The van der Waals surface area contributed by atoms with Gasteiger partial charge in [-0.15, -0.1) is 0 Å². The number of hydrogen-bond donors (Lipinski definition) is 2. The molecule has 3 amide bonds. The number of carbonyl (C=O) groups is 3. The van der Waals surface area contributed by atoms with Gasteiger partial charge in [0.1, 0.15) is 0 Å². The van der Waals surface area contributed by atoms with Crippen LogP contribution in [-0.2, 0) is 9.53 Å². The van der Waals surface area contributed by atoms with Crippen molar-refractivity contribution in [3.63, 3.8) is 0 Å². The van der Waals surface area contributed by atoms with Gasteiger partial charge in [0.25, 0.3) is 5.91 Å². The van der Waals surface area contributed by atoms with Gasteiger partial charge in [-0.1, -0.05) is 18.2 Å². The third-order valence-electron chi connectivity index (χ3n) is 5.87. The van der Waals surface area contributed by atoms with Crippen molar-refractivity contribution in [3.8, 4) is 6.07 Å². The number of carbonyl (C=O) groups excluding carboxylic acids is 3. The van der Waals surface area contributed by atoms with Crippen molar-refractivity contribution in [2.45, 2.75) is 32.1 Å². The van der Waals surface area contributed by atoms with Crippen LogP contribution in [0.2, 0.25) is 0 Å². The van der Waals surface area contributed by atoms with Gasteiger partial charge in [0.05, 0.1) is 25.2 Å². The van der Waals surface area contributed by atoms with Crippen molar-refractivity contribution in [2.75, 3.05) is 32.1 Å². The molecule has 3 rings (SSSR count). The Morgan fingerprint density at radius 1 is 1.12 bits per heavy atom. The molecular formula is C25H28N4O4. The molecule has 0 unspecified atom stereocenters. The molecule has 33 heavy (non-hydrogen) atoms. The first-order chi connectivity index (χ1) is 15.9. The van der Waals surface area contributed by atoms with Gasteiger partial charge in [0, 0.05) is 30.9 Å². The molecule has 0 spiro atoms. The van der Waals surface area contributed by atoms with E-state index in [1.54, 1.807) is 18.2 Å². The second-order valence-electron chi connectivity index (χ2n) is 8.04. The highest BCUT2D eigenvalue weighted by Crippen LogP contribution is 2.29. The summed E-state index contributed by atoms with van der Waals surface area (Å²) in [4.78, 5) is 38.2. The second kappa shape index (κ2) is 11.1. The number of ether oxygens (including phenoxy) is 1. The van der Waals surface area contributed by atoms with Crippen LogP contribution in [0.5, 0.6) is 0 Å². The van der Waals surface area contributed by atoms with E-state index in [0.29, 0.717) is 35.8 Å². The van der Waals surface area contributed by atoms with E-state index >= 15 is 0 Å². The van der Waals surface area contributed by atoms with Gasteiger partial charge < -0.3 is 20.3 Å². The molecule has 8 heteroatoms. The van der Waals surface area contributed by atoms with E-state index in [4.69, 9.17) is 5.26 Å². The molecule has 172 valence electrons. The van der Waals surface area contributed by atoms with Crippen LogP contribution in [0.15, 0.2) is 42.5 Å². The van der Waals surface area contributed by atoms with Crippen molar-refractivity contribution >= 4 is 23.6 Å². The summed E-state index contributed by atoms with van der Waals surface area (Å²) in [7, 11) is 1.30. The van der Waals surface area contributed by atoms with Crippen LogP contribution < -0.4 is 10.6 Å². The number of urea groups is 1. The highest BCUT2D eigenvalue weighted by Gasteiger charge is 2.25. The van der Waals surface area contributed by atoms with Gasteiger partial charge in [-0.3, -0.25) is 9.59 Å². The number of aryl methyl sites for hydroxylation is 1. The Morgan fingerprint density at radius 3 is 2.45 bits per heavy atom. The Kier molecular flexibility index (Phi) is 8.03. The van der Waals surface area contributed by atoms with Crippen LogP contribution in [0, 0.1) is 18.3 Å². The largest absolute Gasteiger partial charge is 0.469 e. The van der Waals surface area contributed by atoms with E-state index in [0.717, 1.165) is 18.4 Å². The predicted molar refractivity (Wildman–Crippen MR) is 124 cm³/mol. The summed E-state index contributed by atoms with van der Waals surface area (Å²) in [5.41, 5.74) is 3.73. The molecule has 2 aromatic carbocycles. The number of likely N-dealkylation sites (tertiary alicyclic amines) is 1. The quantitative estimate of drug-likeness (QED) is 0.656. The lowest BCUT2D eigenvalue weighted by Crippen LogP contribution is -2.38. The average molecular weight is 449 g/mol. The maximum Gasteiger partial charge on any atom is 0.319 e. The molecule has 2 aromatic rings.